The van der Waals surface area contributed by atoms with E-state index in [2.05, 4.69) is 5.32 Å². The molecule has 0 saturated heterocycles. The lowest BCUT2D eigenvalue weighted by Gasteiger charge is -2.16. The molecule has 2 aromatic rings. The number of carboxylic acid groups (broad SMARTS) is 1. The van der Waals surface area contributed by atoms with Crippen molar-refractivity contribution in [1.29, 1.82) is 0 Å². The maximum atomic E-state index is 11.3. The molecule has 0 unspecified atom stereocenters. The average Bonchev–Trinajstić information content (AvgIpc) is 2.91. The largest absolute Gasteiger partial charge is 0.478 e. The summed E-state index contributed by atoms with van der Waals surface area (Å²) in [5.41, 5.74) is 1.42. The molecule has 0 radical (unpaired) electrons. The standard InChI is InChI=1S/C16H17NO2/c18-16(19)14-9-10-15(17-11-5-1-2-6-11)13-8-4-3-7-12(13)14/h3-4,7-11,17H,1-2,5-6H2,(H,18,19). The molecule has 0 atom stereocenters. The number of fused-ring (bicyclic) bond motifs is 1. The summed E-state index contributed by atoms with van der Waals surface area (Å²) in [6.07, 6.45) is 4.97. The Kier molecular flexibility index (Phi) is 3.11. The fourth-order valence-corrected chi connectivity index (χ4v) is 2.90. The van der Waals surface area contributed by atoms with Gasteiger partial charge < -0.3 is 10.4 Å². The Balaban J connectivity index is 2.05. The van der Waals surface area contributed by atoms with E-state index in [0.29, 0.717) is 11.6 Å². The van der Waals surface area contributed by atoms with Gasteiger partial charge in [0.15, 0.2) is 0 Å². The van der Waals surface area contributed by atoms with E-state index < -0.39 is 5.97 Å². The van der Waals surface area contributed by atoms with Crippen LogP contribution in [0.15, 0.2) is 36.4 Å². The van der Waals surface area contributed by atoms with Crippen LogP contribution in [-0.4, -0.2) is 17.1 Å². The number of hydrogen-bond donors (Lipinski definition) is 2. The third-order valence-corrected chi connectivity index (χ3v) is 3.87. The van der Waals surface area contributed by atoms with Crippen molar-refractivity contribution in [1.82, 2.24) is 0 Å². The van der Waals surface area contributed by atoms with Crippen LogP contribution in [0.3, 0.4) is 0 Å². The Morgan fingerprint density at radius 2 is 1.74 bits per heavy atom. The molecule has 1 aliphatic carbocycles. The molecule has 1 aliphatic rings. The fourth-order valence-electron chi connectivity index (χ4n) is 2.90. The van der Waals surface area contributed by atoms with Crippen LogP contribution >= 0.6 is 0 Å². The number of hydrogen-bond acceptors (Lipinski definition) is 2. The number of carbonyl (C=O) groups is 1. The lowest BCUT2D eigenvalue weighted by molar-refractivity contribution is 0.0699. The molecule has 3 heteroatoms. The Bertz CT molecular complexity index is 615. The van der Waals surface area contributed by atoms with E-state index in [9.17, 15) is 9.90 Å². The molecular weight excluding hydrogens is 238 g/mol. The van der Waals surface area contributed by atoms with Crippen molar-refractivity contribution in [2.75, 3.05) is 5.32 Å². The third kappa shape index (κ3) is 2.28. The van der Waals surface area contributed by atoms with Crippen molar-refractivity contribution in [3.8, 4) is 0 Å². The van der Waals surface area contributed by atoms with Crippen molar-refractivity contribution in [2.45, 2.75) is 31.7 Å². The van der Waals surface area contributed by atoms with Crippen LogP contribution < -0.4 is 5.32 Å². The molecule has 3 rings (SSSR count). The van der Waals surface area contributed by atoms with E-state index in [-0.39, 0.29) is 0 Å². The minimum Gasteiger partial charge on any atom is -0.478 e. The van der Waals surface area contributed by atoms with Gasteiger partial charge in [0.05, 0.1) is 5.56 Å². The van der Waals surface area contributed by atoms with Gasteiger partial charge in [-0.15, -0.1) is 0 Å². The molecular formula is C16H17NO2. The molecule has 0 amide bonds. The summed E-state index contributed by atoms with van der Waals surface area (Å²) in [4.78, 5) is 11.3. The Labute approximate surface area is 112 Å². The second-order valence-corrected chi connectivity index (χ2v) is 5.14. The predicted molar refractivity (Wildman–Crippen MR) is 76.8 cm³/mol. The van der Waals surface area contributed by atoms with Gasteiger partial charge in [-0.1, -0.05) is 37.1 Å². The van der Waals surface area contributed by atoms with E-state index in [0.717, 1.165) is 16.5 Å². The number of aromatic carboxylic acids is 1. The monoisotopic (exact) mass is 255 g/mol. The van der Waals surface area contributed by atoms with Gasteiger partial charge in [0.1, 0.15) is 0 Å². The normalized spacial score (nSPS) is 15.8. The quantitative estimate of drug-likeness (QED) is 0.874. The molecule has 0 spiro atoms. The molecule has 19 heavy (non-hydrogen) atoms. The number of benzene rings is 2. The van der Waals surface area contributed by atoms with Crippen molar-refractivity contribution in [3.63, 3.8) is 0 Å². The first-order valence-electron chi connectivity index (χ1n) is 6.77. The highest BCUT2D eigenvalue weighted by atomic mass is 16.4. The van der Waals surface area contributed by atoms with Gasteiger partial charge in [0, 0.05) is 17.1 Å². The lowest BCUT2D eigenvalue weighted by atomic mass is 10.0. The van der Waals surface area contributed by atoms with Gasteiger partial charge in [0.2, 0.25) is 0 Å². The zero-order chi connectivity index (χ0) is 13.2. The van der Waals surface area contributed by atoms with Gasteiger partial charge in [-0.2, -0.15) is 0 Å². The van der Waals surface area contributed by atoms with Gasteiger partial charge >= 0.3 is 5.97 Å². The first-order valence-corrected chi connectivity index (χ1v) is 6.77. The summed E-state index contributed by atoms with van der Waals surface area (Å²) in [5, 5.41) is 14.6. The molecule has 3 nitrogen and oxygen atoms in total. The molecule has 1 saturated carbocycles. The first-order chi connectivity index (χ1) is 9.25. The number of anilines is 1. The second kappa shape index (κ2) is 4.92. The lowest BCUT2D eigenvalue weighted by Crippen LogP contribution is -2.15. The van der Waals surface area contributed by atoms with Crippen LogP contribution in [0.5, 0.6) is 0 Å². The molecule has 98 valence electrons. The van der Waals surface area contributed by atoms with Crippen molar-refractivity contribution in [3.05, 3.63) is 42.0 Å². The second-order valence-electron chi connectivity index (χ2n) is 5.14. The Morgan fingerprint density at radius 3 is 2.42 bits per heavy atom. The SMILES string of the molecule is O=C(O)c1ccc(NC2CCCC2)c2ccccc12. The number of carboxylic acids is 1. The summed E-state index contributed by atoms with van der Waals surface area (Å²) in [7, 11) is 0. The summed E-state index contributed by atoms with van der Waals surface area (Å²) in [5.74, 6) is -0.872. The molecule has 0 aliphatic heterocycles. The molecule has 1 fully saturated rings. The zero-order valence-corrected chi connectivity index (χ0v) is 10.7. The van der Waals surface area contributed by atoms with Crippen LogP contribution in [0.2, 0.25) is 0 Å². The summed E-state index contributed by atoms with van der Waals surface area (Å²) in [6, 6.07) is 11.8. The average molecular weight is 255 g/mol. The smallest absolute Gasteiger partial charge is 0.336 e. The maximum absolute atomic E-state index is 11.3. The Hall–Kier alpha value is -2.03. The van der Waals surface area contributed by atoms with E-state index >= 15 is 0 Å². The minimum absolute atomic E-state index is 0.368. The minimum atomic E-state index is -0.872. The molecule has 0 aromatic heterocycles. The van der Waals surface area contributed by atoms with Crippen LogP contribution in [0.1, 0.15) is 36.0 Å². The van der Waals surface area contributed by atoms with E-state index in [1.807, 2.05) is 30.3 Å². The molecule has 2 aromatic carbocycles. The maximum Gasteiger partial charge on any atom is 0.336 e. The highest BCUT2D eigenvalue weighted by Crippen LogP contribution is 2.30. The van der Waals surface area contributed by atoms with E-state index in [1.54, 1.807) is 6.07 Å². The van der Waals surface area contributed by atoms with Gasteiger partial charge in [-0.3, -0.25) is 0 Å². The van der Waals surface area contributed by atoms with Crippen molar-refractivity contribution >= 4 is 22.4 Å². The zero-order valence-electron chi connectivity index (χ0n) is 10.7. The summed E-state index contributed by atoms with van der Waals surface area (Å²) in [6.45, 7) is 0. The number of nitrogens with one attached hydrogen (secondary N) is 1. The Morgan fingerprint density at radius 1 is 1.05 bits per heavy atom. The fraction of sp³-hybridized carbons (Fsp3) is 0.312. The van der Waals surface area contributed by atoms with Gasteiger partial charge in [-0.25, -0.2) is 4.79 Å². The third-order valence-electron chi connectivity index (χ3n) is 3.87. The highest BCUT2D eigenvalue weighted by Gasteiger charge is 2.17. The van der Waals surface area contributed by atoms with Crippen LogP contribution in [0.4, 0.5) is 5.69 Å². The topological polar surface area (TPSA) is 49.3 Å². The van der Waals surface area contributed by atoms with Gasteiger partial charge in [0.25, 0.3) is 0 Å². The van der Waals surface area contributed by atoms with Crippen molar-refractivity contribution < 1.29 is 9.90 Å². The molecule has 0 bridgehead atoms. The van der Waals surface area contributed by atoms with Crippen LogP contribution in [-0.2, 0) is 0 Å². The van der Waals surface area contributed by atoms with Crippen LogP contribution in [0, 0.1) is 0 Å². The van der Waals surface area contributed by atoms with E-state index in [1.165, 1.54) is 25.7 Å². The molecule has 2 N–H and O–H groups in total. The van der Waals surface area contributed by atoms with Gasteiger partial charge in [-0.05, 0) is 30.4 Å². The molecule has 0 heterocycles. The summed E-state index contributed by atoms with van der Waals surface area (Å²) >= 11 is 0. The van der Waals surface area contributed by atoms with Crippen molar-refractivity contribution in [2.24, 2.45) is 0 Å². The highest BCUT2D eigenvalue weighted by molar-refractivity contribution is 6.07. The first kappa shape index (κ1) is 12.0. The number of rotatable bonds is 3. The van der Waals surface area contributed by atoms with E-state index in [4.69, 9.17) is 0 Å². The summed E-state index contributed by atoms with van der Waals surface area (Å²) < 4.78 is 0. The van der Waals surface area contributed by atoms with Crippen LogP contribution in [0.25, 0.3) is 10.8 Å². The predicted octanol–water partition coefficient (Wildman–Crippen LogP) is 3.89.